The second kappa shape index (κ2) is 5.52. The predicted octanol–water partition coefficient (Wildman–Crippen LogP) is 1.69. The molecular weight excluding hydrogens is 296 g/mol. The number of rotatable bonds is 3. The maximum atomic E-state index is 11.9. The second-order valence-corrected chi connectivity index (χ2v) is 5.21. The number of halogens is 1. The molecule has 0 saturated carbocycles. The first-order valence-electron chi connectivity index (χ1n) is 5.93. The van der Waals surface area contributed by atoms with E-state index in [1.54, 1.807) is 4.90 Å². The molecule has 1 atom stereocenters. The van der Waals surface area contributed by atoms with Gasteiger partial charge in [0, 0.05) is 11.0 Å². The lowest BCUT2D eigenvalue weighted by molar-refractivity contribution is -0.146. The van der Waals surface area contributed by atoms with E-state index in [9.17, 15) is 9.59 Å². The van der Waals surface area contributed by atoms with Crippen molar-refractivity contribution < 1.29 is 9.59 Å². The minimum Gasteiger partial charge on any atom is -0.345 e. The molecule has 0 radical (unpaired) electrons. The van der Waals surface area contributed by atoms with Crippen LogP contribution in [0.15, 0.2) is 28.7 Å². The molecule has 1 aromatic carbocycles. The molecule has 4 nitrogen and oxygen atoms in total. The molecule has 96 valence electrons. The van der Waals surface area contributed by atoms with Crippen LogP contribution in [-0.4, -0.2) is 29.3 Å². The van der Waals surface area contributed by atoms with E-state index in [4.69, 9.17) is 0 Å². The molecule has 1 aliphatic rings. The van der Waals surface area contributed by atoms with Crippen LogP contribution in [-0.2, 0) is 16.1 Å². The molecule has 1 saturated heterocycles. The van der Waals surface area contributed by atoms with Crippen molar-refractivity contribution in [2.45, 2.75) is 25.9 Å². The smallest absolute Gasteiger partial charge is 0.243 e. The Morgan fingerprint density at radius 1 is 1.44 bits per heavy atom. The van der Waals surface area contributed by atoms with Gasteiger partial charge < -0.3 is 10.2 Å². The fourth-order valence-corrected chi connectivity index (χ4v) is 2.58. The Labute approximate surface area is 114 Å². The van der Waals surface area contributed by atoms with Crippen molar-refractivity contribution in [2.75, 3.05) is 6.54 Å². The molecule has 2 rings (SSSR count). The number of carbonyl (C=O) groups excluding carboxylic acids is 2. The zero-order valence-corrected chi connectivity index (χ0v) is 11.7. The average Bonchev–Trinajstić information content (AvgIpc) is 2.34. The van der Waals surface area contributed by atoms with E-state index in [0.717, 1.165) is 10.0 Å². The van der Waals surface area contributed by atoms with Crippen LogP contribution >= 0.6 is 15.9 Å². The lowest BCUT2D eigenvalue weighted by Gasteiger charge is -2.34. The topological polar surface area (TPSA) is 49.4 Å². The van der Waals surface area contributed by atoms with Gasteiger partial charge in [-0.1, -0.05) is 35.0 Å². The molecule has 0 bridgehead atoms. The molecule has 1 heterocycles. The Kier molecular flexibility index (Phi) is 4.01. The molecule has 0 aromatic heterocycles. The third kappa shape index (κ3) is 2.72. The minimum absolute atomic E-state index is 0.0265. The quantitative estimate of drug-likeness (QED) is 0.923. The minimum atomic E-state index is -0.356. The molecule has 1 aliphatic heterocycles. The van der Waals surface area contributed by atoms with Crippen molar-refractivity contribution >= 4 is 27.7 Å². The molecule has 0 spiro atoms. The van der Waals surface area contributed by atoms with Gasteiger partial charge in [0.25, 0.3) is 0 Å². The highest BCUT2D eigenvalue weighted by atomic mass is 79.9. The van der Waals surface area contributed by atoms with Crippen molar-refractivity contribution in [3.63, 3.8) is 0 Å². The van der Waals surface area contributed by atoms with Gasteiger partial charge in [0.2, 0.25) is 11.8 Å². The van der Waals surface area contributed by atoms with Gasteiger partial charge >= 0.3 is 0 Å². The molecule has 1 N–H and O–H groups in total. The number of hydrogen-bond donors (Lipinski definition) is 1. The van der Waals surface area contributed by atoms with Crippen LogP contribution < -0.4 is 5.32 Å². The van der Waals surface area contributed by atoms with E-state index in [2.05, 4.69) is 21.2 Å². The van der Waals surface area contributed by atoms with Crippen molar-refractivity contribution in [3.8, 4) is 0 Å². The van der Waals surface area contributed by atoms with Gasteiger partial charge in [-0.3, -0.25) is 9.59 Å². The predicted molar refractivity (Wildman–Crippen MR) is 71.8 cm³/mol. The second-order valence-electron chi connectivity index (χ2n) is 4.29. The van der Waals surface area contributed by atoms with Gasteiger partial charge in [-0.25, -0.2) is 0 Å². The van der Waals surface area contributed by atoms with Gasteiger partial charge in [-0.15, -0.1) is 0 Å². The summed E-state index contributed by atoms with van der Waals surface area (Å²) >= 11 is 3.40. The van der Waals surface area contributed by atoms with Gasteiger partial charge in [0.15, 0.2) is 0 Å². The Morgan fingerprint density at radius 2 is 2.22 bits per heavy atom. The highest BCUT2D eigenvalue weighted by Gasteiger charge is 2.32. The van der Waals surface area contributed by atoms with Crippen LogP contribution in [0.25, 0.3) is 0 Å². The summed E-state index contributed by atoms with van der Waals surface area (Å²) in [5.41, 5.74) is 1.02. The van der Waals surface area contributed by atoms with E-state index in [0.29, 0.717) is 13.0 Å². The van der Waals surface area contributed by atoms with Crippen LogP contribution in [0.4, 0.5) is 0 Å². The number of hydrogen-bond acceptors (Lipinski definition) is 2. The van der Waals surface area contributed by atoms with Gasteiger partial charge in [0.05, 0.1) is 6.54 Å². The fourth-order valence-electron chi connectivity index (χ4n) is 2.13. The van der Waals surface area contributed by atoms with E-state index in [-0.39, 0.29) is 24.4 Å². The number of nitrogens with zero attached hydrogens (tertiary/aromatic N) is 1. The van der Waals surface area contributed by atoms with Crippen LogP contribution in [0.2, 0.25) is 0 Å². The summed E-state index contributed by atoms with van der Waals surface area (Å²) in [6.45, 7) is 2.49. The lowest BCUT2D eigenvalue weighted by atomic mass is 10.1. The van der Waals surface area contributed by atoms with Crippen LogP contribution in [0.1, 0.15) is 18.9 Å². The number of amides is 2. The van der Waals surface area contributed by atoms with Crippen LogP contribution in [0, 0.1) is 0 Å². The summed E-state index contributed by atoms with van der Waals surface area (Å²) in [5, 5.41) is 2.62. The maximum Gasteiger partial charge on any atom is 0.243 e. The highest BCUT2D eigenvalue weighted by molar-refractivity contribution is 9.10. The Hall–Kier alpha value is -1.36. The molecule has 5 heteroatoms. The van der Waals surface area contributed by atoms with E-state index < -0.39 is 0 Å². The van der Waals surface area contributed by atoms with E-state index in [1.165, 1.54) is 0 Å². The highest BCUT2D eigenvalue weighted by Crippen LogP contribution is 2.17. The first-order chi connectivity index (χ1) is 8.61. The summed E-state index contributed by atoms with van der Waals surface area (Å²) in [6.07, 6.45) is 0.631. The number of piperazine rings is 1. The molecular formula is C13H15BrN2O2. The Morgan fingerprint density at radius 3 is 2.89 bits per heavy atom. The molecule has 2 amide bonds. The number of carbonyl (C=O) groups is 2. The van der Waals surface area contributed by atoms with Crippen molar-refractivity contribution in [2.24, 2.45) is 0 Å². The van der Waals surface area contributed by atoms with E-state index >= 15 is 0 Å². The van der Waals surface area contributed by atoms with Crippen molar-refractivity contribution in [1.29, 1.82) is 0 Å². The van der Waals surface area contributed by atoms with Gasteiger partial charge in [0.1, 0.15) is 6.04 Å². The third-order valence-corrected chi connectivity index (χ3v) is 3.53. The van der Waals surface area contributed by atoms with E-state index in [1.807, 2.05) is 31.2 Å². The number of nitrogens with one attached hydrogen (secondary N) is 1. The largest absolute Gasteiger partial charge is 0.345 e. The Balaban J connectivity index is 2.19. The summed E-state index contributed by atoms with van der Waals surface area (Å²) < 4.78 is 0.974. The first-order valence-corrected chi connectivity index (χ1v) is 6.72. The average molecular weight is 311 g/mol. The summed E-state index contributed by atoms with van der Waals surface area (Å²) in [6, 6.07) is 7.43. The maximum absolute atomic E-state index is 11.9. The SMILES string of the molecule is CCC1C(=O)NCC(=O)N1Cc1cccc(Br)c1. The number of benzene rings is 1. The van der Waals surface area contributed by atoms with Crippen LogP contribution in [0.5, 0.6) is 0 Å². The molecule has 18 heavy (non-hydrogen) atoms. The third-order valence-electron chi connectivity index (χ3n) is 3.04. The fraction of sp³-hybridized carbons (Fsp3) is 0.385. The zero-order valence-electron chi connectivity index (χ0n) is 10.1. The van der Waals surface area contributed by atoms with Gasteiger partial charge in [-0.2, -0.15) is 0 Å². The summed E-state index contributed by atoms with van der Waals surface area (Å²) in [7, 11) is 0. The molecule has 1 unspecified atom stereocenters. The van der Waals surface area contributed by atoms with Crippen molar-refractivity contribution in [1.82, 2.24) is 10.2 Å². The van der Waals surface area contributed by atoms with Crippen LogP contribution in [0.3, 0.4) is 0 Å². The first kappa shape index (κ1) is 13.1. The standard InChI is InChI=1S/C13H15BrN2O2/c1-2-11-13(18)15-7-12(17)16(11)8-9-4-3-5-10(14)6-9/h3-6,11H,2,7-8H2,1H3,(H,15,18). The summed E-state index contributed by atoms with van der Waals surface area (Å²) in [4.78, 5) is 25.3. The lowest BCUT2D eigenvalue weighted by Crippen LogP contribution is -2.57. The zero-order chi connectivity index (χ0) is 13.1. The molecule has 0 aliphatic carbocycles. The normalized spacial score (nSPS) is 19.9. The summed E-state index contributed by atoms with van der Waals surface area (Å²) in [5.74, 6) is -0.0893. The van der Waals surface area contributed by atoms with Gasteiger partial charge in [-0.05, 0) is 24.1 Å². The Bertz CT molecular complexity index is 476. The monoisotopic (exact) mass is 310 g/mol. The van der Waals surface area contributed by atoms with Crippen molar-refractivity contribution in [3.05, 3.63) is 34.3 Å². The molecule has 1 aromatic rings. The molecule has 1 fully saturated rings.